The van der Waals surface area contributed by atoms with Crippen LogP contribution in [-0.2, 0) is 12.6 Å². The van der Waals surface area contributed by atoms with Gasteiger partial charge in [0.25, 0.3) is 0 Å². The molecule has 0 aliphatic heterocycles. The van der Waals surface area contributed by atoms with Crippen molar-refractivity contribution in [3.63, 3.8) is 0 Å². The fourth-order valence-electron chi connectivity index (χ4n) is 2.89. The van der Waals surface area contributed by atoms with Gasteiger partial charge in [0.2, 0.25) is 0 Å². The van der Waals surface area contributed by atoms with Crippen molar-refractivity contribution in [1.29, 1.82) is 0 Å². The highest BCUT2D eigenvalue weighted by Crippen LogP contribution is 2.32. The van der Waals surface area contributed by atoms with Gasteiger partial charge in [-0.05, 0) is 49.7 Å². The highest BCUT2D eigenvalue weighted by atomic mass is 19.4. The lowest BCUT2D eigenvalue weighted by Gasteiger charge is -2.06. The lowest BCUT2D eigenvalue weighted by molar-refractivity contribution is -0.137. The summed E-state index contributed by atoms with van der Waals surface area (Å²) in [5.74, 6) is 0.420. The Hall–Kier alpha value is -3.09. The minimum Gasteiger partial charge on any atom is -0.508 e. The van der Waals surface area contributed by atoms with Crippen LogP contribution in [0.4, 0.5) is 13.2 Å². The van der Waals surface area contributed by atoms with Gasteiger partial charge >= 0.3 is 6.18 Å². The number of benzene rings is 2. The van der Waals surface area contributed by atoms with E-state index >= 15 is 0 Å². The number of aromatic nitrogens is 1. The molecule has 3 rings (SSSR count). The average Bonchev–Trinajstić information content (AvgIpc) is 3.02. The van der Waals surface area contributed by atoms with Gasteiger partial charge in [-0.15, -0.1) is 0 Å². The number of carbonyl (C=O) groups excluding carboxylic acids is 1. The van der Waals surface area contributed by atoms with E-state index in [1.807, 2.05) is 0 Å². The highest BCUT2D eigenvalue weighted by molar-refractivity contribution is 5.96. The van der Waals surface area contributed by atoms with E-state index in [1.165, 1.54) is 18.2 Å². The predicted molar refractivity (Wildman–Crippen MR) is 97.2 cm³/mol. The van der Waals surface area contributed by atoms with E-state index in [0.29, 0.717) is 40.1 Å². The first-order valence-corrected chi connectivity index (χ1v) is 8.62. The van der Waals surface area contributed by atoms with Crippen LogP contribution in [-0.4, -0.2) is 16.0 Å². The van der Waals surface area contributed by atoms with Gasteiger partial charge in [-0.25, -0.2) is 0 Å². The van der Waals surface area contributed by atoms with Crippen LogP contribution in [0.3, 0.4) is 0 Å². The number of ketones is 1. The van der Waals surface area contributed by atoms with Gasteiger partial charge in [0.05, 0.1) is 11.3 Å². The van der Waals surface area contributed by atoms with Crippen LogP contribution in [0.15, 0.2) is 47.0 Å². The molecule has 146 valence electrons. The van der Waals surface area contributed by atoms with Crippen LogP contribution in [0.25, 0.3) is 11.3 Å². The van der Waals surface area contributed by atoms with Crippen molar-refractivity contribution in [3.8, 4) is 17.1 Å². The molecule has 0 fully saturated rings. The maximum Gasteiger partial charge on any atom is 0.416 e. The lowest BCUT2D eigenvalue weighted by Crippen LogP contribution is -2.04. The number of halogens is 3. The molecule has 0 spiro atoms. The number of rotatable bonds is 5. The Balaban J connectivity index is 1.72. The largest absolute Gasteiger partial charge is 0.508 e. The molecule has 2 aromatic carbocycles. The minimum absolute atomic E-state index is 0.0958. The molecule has 3 aromatic rings. The van der Waals surface area contributed by atoms with E-state index in [0.717, 1.165) is 12.1 Å². The van der Waals surface area contributed by atoms with Gasteiger partial charge in [-0.3, -0.25) is 4.79 Å². The zero-order valence-electron chi connectivity index (χ0n) is 15.3. The van der Waals surface area contributed by atoms with Crippen LogP contribution < -0.4 is 0 Å². The second kappa shape index (κ2) is 7.50. The second-order valence-corrected chi connectivity index (χ2v) is 6.58. The molecule has 7 heteroatoms. The Labute approximate surface area is 159 Å². The second-order valence-electron chi connectivity index (χ2n) is 6.58. The molecule has 1 heterocycles. The van der Waals surface area contributed by atoms with Crippen molar-refractivity contribution >= 4 is 5.78 Å². The molecule has 0 bridgehead atoms. The Morgan fingerprint density at radius 2 is 1.79 bits per heavy atom. The molecule has 0 aliphatic rings. The van der Waals surface area contributed by atoms with Crippen molar-refractivity contribution in [2.45, 2.75) is 32.9 Å². The van der Waals surface area contributed by atoms with E-state index in [-0.39, 0.29) is 18.0 Å². The first-order valence-electron chi connectivity index (χ1n) is 8.62. The molecule has 0 radical (unpaired) electrons. The van der Waals surface area contributed by atoms with E-state index in [2.05, 4.69) is 5.16 Å². The summed E-state index contributed by atoms with van der Waals surface area (Å²) in [5, 5.41) is 13.5. The monoisotopic (exact) mass is 389 g/mol. The summed E-state index contributed by atoms with van der Waals surface area (Å²) in [6, 6.07) is 9.33. The normalized spacial score (nSPS) is 11.6. The van der Waals surface area contributed by atoms with Gasteiger partial charge < -0.3 is 9.63 Å². The van der Waals surface area contributed by atoms with Crippen molar-refractivity contribution in [3.05, 3.63) is 70.4 Å². The van der Waals surface area contributed by atoms with Gasteiger partial charge in [0.1, 0.15) is 5.75 Å². The molecule has 28 heavy (non-hydrogen) atoms. The molecule has 0 atom stereocenters. The van der Waals surface area contributed by atoms with E-state index in [4.69, 9.17) is 4.52 Å². The first kappa shape index (κ1) is 19.7. The molecule has 0 unspecified atom stereocenters. The van der Waals surface area contributed by atoms with Gasteiger partial charge in [-0.2, -0.15) is 13.2 Å². The number of carbonyl (C=O) groups is 1. The van der Waals surface area contributed by atoms with E-state index in [1.54, 1.807) is 26.0 Å². The Bertz CT molecular complexity index is 1000. The number of hydrogen-bond donors (Lipinski definition) is 1. The summed E-state index contributed by atoms with van der Waals surface area (Å²) < 4.78 is 43.4. The van der Waals surface area contributed by atoms with Crippen molar-refractivity contribution in [1.82, 2.24) is 5.16 Å². The van der Waals surface area contributed by atoms with Crippen molar-refractivity contribution in [2.24, 2.45) is 0 Å². The zero-order chi connectivity index (χ0) is 20.5. The predicted octanol–water partition coefficient (Wildman–Crippen LogP) is 5.50. The number of hydrogen-bond acceptors (Lipinski definition) is 4. The molecular formula is C21H18F3NO3. The smallest absolute Gasteiger partial charge is 0.416 e. The maximum absolute atomic E-state index is 12.7. The summed E-state index contributed by atoms with van der Waals surface area (Å²) in [5.41, 5.74) is 2.15. The van der Waals surface area contributed by atoms with Crippen molar-refractivity contribution < 1.29 is 27.6 Å². The molecule has 4 nitrogen and oxygen atoms in total. The summed E-state index contributed by atoms with van der Waals surface area (Å²) in [4.78, 5) is 12.4. The Morgan fingerprint density at radius 3 is 2.39 bits per heavy atom. The number of aromatic hydroxyl groups is 1. The van der Waals surface area contributed by atoms with E-state index in [9.17, 15) is 23.1 Å². The third-order valence-electron chi connectivity index (χ3n) is 4.60. The quantitative estimate of drug-likeness (QED) is 0.586. The SMILES string of the molecule is Cc1cc(C(=O)CCc2noc(-c3ccc(C(F)(F)F)cc3)c2C)ccc1O. The molecular weight excluding hydrogens is 371 g/mol. The number of nitrogens with zero attached hydrogens (tertiary/aromatic N) is 1. The highest BCUT2D eigenvalue weighted by Gasteiger charge is 2.30. The molecule has 0 amide bonds. The summed E-state index contributed by atoms with van der Waals surface area (Å²) in [6.07, 6.45) is -3.86. The van der Waals surface area contributed by atoms with Gasteiger partial charge in [0.15, 0.2) is 11.5 Å². The Kier molecular flexibility index (Phi) is 5.27. The minimum atomic E-state index is -4.40. The van der Waals surface area contributed by atoms with Crippen LogP contribution in [0.5, 0.6) is 5.75 Å². The summed E-state index contributed by atoms with van der Waals surface area (Å²) >= 11 is 0. The van der Waals surface area contributed by atoms with E-state index < -0.39 is 11.7 Å². The number of phenols is 1. The molecule has 1 aromatic heterocycles. The van der Waals surface area contributed by atoms with Crippen LogP contribution in [0.1, 0.15) is 39.2 Å². The van der Waals surface area contributed by atoms with Gasteiger partial charge in [0, 0.05) is 29.5 Å². The number of alkyl halides is 3. The topological polar surface area (TPSA) is 63.3 Å². The number of aryl methyl sites for hydroxylation is 2. The third-order valence-corrected chi connectivity index (χ3v) is 4.60. The van der Waals surface area contributed by atoms with Crippen molar-refractivity contribution in [2.75, 3.05) is 0 Å². The summed E-state index contributed by atoms with van der Waals surface area (Å²) in [7, 11) is 0. The van der Waals surface area contributed by atoms with Crippen LogP contribution in [0, 0.1) is 13.8 Å². The Morgan fingerprint density at radius 1 is 1.11 bits per heavy atom. The number of Topliss-reactive ketones (excluding diaryl/α,β-unsaturated/α-hetero) is 1. The molecule has 0 aliphatic carbocycles. The molecule has 0 saturated heterocycles. The van der Waals surface area contributed by atoms with Crippen LogP contribution in [0.2, 0.25) is 0 Å². The number of phenolic OH excluding ortho intramolecular Hbond substituents is 1. The average molecular weight is 389 g/mol. The maximum atomic E-state index is 12.7. The first-order chi connectivity index (χ1) is 13.2. The van der Waals surface area contributed by atoms with Gasteiger partial charge in [-0.1, -0.05) is 17.3 Å². The molecule has 1 N–H and O–H groups in total. The fraction of sp³-hybridized carbons (Fsp3) is 0.238. The zero-order valence-corrected chi connectivity index (χ0v) is 15.3. The van der Waals surface area contributed by atoms with Crippen LogP contribution >= 0.6 is 0 Å². The standard InChI is InChI=1S/C21H18F3NO3/c1-12-11-15(5-9-18(12)26)19(27)10-8-17-13(2)20(28-25-17)14-3-6-16(7-4-14)21(22,23)24/h3-7,9,11,26H,8,10H2,1-2H3. The fourth-order valence-corrected chi connectivity index (χ4v) is 2.89. The molecule has 0 saturated carbocycles. The lowest BCUT2D eigenvalue weighted by atomic mass is 10.0. The third kappa shape index (κ3) is 4.08. The summed E-state index contributed by atoms with van der Waals surface area (Å²) in [6.45, 7) is 3.47.